The largest absolute Gasteiger partial charge is 0.493 e. The summed E-state index contributed by atoms with van der Waals surface area (Å²) in [5, 5.41) is 0.468. The van der Waals surface area contributed by atoms with Gasteiger partial charge in [-0.2, -0.15) is 0 Å². The molecule has 0 unspecified atom stereocenters. The normalized spacial score (nSPS) is 10.6. The van der Waals surface area contributed by atoms with Crippen molar-refractivity contribution in [3.63, 3.8) is 0 Å². The summed E-state index contributed by atoms with van der Waals surface area (Å²) < 4.78 is 11.9. The van der Waals surface area contributed by atoms with Gasteiger partial charge in [0, 0.05) is 12.6 Å². The maximum Gasteiger partial charge on any atom is 0.262 e. The van der Waals surface area contributed by atoms with Gasteiger partial charge >= 0.3 is 0 Å². The van der Waals surface area contributed by atoms with E-state index in [1.807, 2.05) is 6.92 Å². The summed E-state index contributed by atoms with van der Waals surface area (Å²) in [5.41, 5.74) is 2.81. The van der Waals surface area contributed by atoms with Gasteiger partial charge in [0.25, 0.3) is 5.56 Å². The van der Waals surface area contributed by atoms with Crippen molar-refractivity contribution in [2.75, 3.05) is 19.6 Å². The van der Waals surface area contributed by atoms with Crippen molar-refractivity contribution in [1.29, 1.82) is 0 Å². The van der Waals surface area contributed by atoms with Gasteiger partial charge in [-0.1, -0.05) is 6.92 Å². The van der Waals surface area contributed by atoms with Crippen molar-refractivity contribution in [2.24, 2.45) is 5.84 Å². The van der Waals surface area contributed by atoms with Gasteiger partial charge in [0.1, 0.15) is 0 Å². The Labute approximate surface area is 116 Å². The minimum absolute atomic E-state index is 0.161. The third-order valence-electron chi connectivity index (χ3n) is 3.04. The minimum atomic E-state index is -0.161. The number of nitrogens with zero attached hydrogens (tertiary/aromatic N) is 2. The summed E-state index contributed by atoms with van der Waals surface area (Å²) in [6.45, 7) is 2.52. The number of methoxy groups -OCH3 is 2. The van der Waals surface area contributed by atoms with Crippen LogP contribution in [0.4, 0.5) is 5.95 Å². The van der Waals surface area contributed by atoms with Gasteiger partial charge in [-0.25, -0.2) is 10.8 Å². The van der Waals surface area contributed by atoms with E-state index in [0.717, 1.165) is 6.42 Å². The summed E-state index contributed by atoms with van der Waals surface area (Å²) >= 11 is 0. The fraction of sp³-hybridized carbons (Fsp3) is 0.385. The molecule has 0 aliphatic rings. The number of anilines is 1. The number of benzene rings is 1. The second kappa shape index (κ2) is 5.79. The Morgan fingerprint density at radius 3 is 2.50 bits per heavy atom. The van der Waals surface area contributed by atoms with Crippen LogP contribution in [0.2, 0.25) is 0 Å². The lowest BCUT2D eigenvalue weighted by atomic mass is 10.2. The molecule has 0 bridgehead atoms. The van der Waals surface area contributed by atoms with Gasteiger partial charge < -0.3 is 9.47 Å². The van der Waals surface area contributed by atoms with Gasteiger partial charge in [0.05, 0.1) is 25.1 Å². The maximum atomic E-state index is 12.5. The molecule has 0 fully saturated rings. The highest BCUT2D eigenvalue weighted by molar-refractivity contribution is 5.82. The van der Waals surface area contributed by atoms with Gasteiger partial charge in [-0.15, -0.1) is 0 Å². The maximum absolute atomic E-state index is 12.5. The van der Waals surface area contributed by atoms with Crippen LogP contribution in [0.5, 0.6) is 11.5 Å². The van der Waals surface area contributed by atoms with Gasteiger partial charge in [-0.05, 0) is 12.5 Å². The number of ether oxygens (including phenoxy) is 2. The molecule has 20 heavy (non-hydrogen) atoms. The summed E-state index contributed by atoms with van der Waals surface area (Å²) in [6, 6.07) is 3.29. The van der Waals surface area contributed by atoms with Crippen LogP contribution in [0.25, 0.3) is 10.9 Å². The van der Waals surface area contributed by atoms with Crippen LogP contribution in [0.15, 0.2) is 16.9 Å². The quantitative estimate of drug-likeness (QED) is 0.629. The lowest BCUT2D eigenvalue weighted by Crippen LogP contribution is -2.27. The molecule has 0 saturated heterocycles. The average molecular weight is 278 g/mol. The number of hydrogen-bond donors (Lipinski definition) is 2. The smallest absolute Gasteiger partial charge is 0.262 e. The number of nitrogens with two attached hydrogens (primary N) is 1. The fourth-order valence-corrected chi connectivity index (χ4v) is 2.09. The molecule has 0 amide bonds. The molecule has 0 atom stereocenters. The minimum Gasteiger partial charge on any atom is -0.493 e. The third kappa shape index (κ3) is 2.27. The van der Waals surface area contributed by atoms with Crippen LogP contribution in [-0.2, 0) is 6.54 Å². The van der Waals surface area contributed by atoms with E-state index in [2.05, 4.69) is 10.4 Å². The molecule has 2 rings (SSSR count). The van der Waals surface area contributed by atoms with E-state index in [1.54, 1.807) is 12.1 Å². The molecule has 0 aliphatic carbocycles. The van der Waals surface area contributed by atoms with Crippen LogP contribution >= 0.6 is 0 Å². The first-order valence-electron chi connectivity index (χ1n) is 6.29. The number of nitrogens with one attached hydrogen (secondary N) is 1. The summed E-state index contributed by atoms with van der Waals surface area (Å²) in [4.78, 5) is 16.8. The van der Waals surface area contributed by atoms with E-state index >= 15 is 0 Å². The molecular formula is C13H18N4O3. The second-order valence-electron chi connectivity index (χ2n) is 4.26. The lowest BCUT2D eigenvalue weighted by Gasteiger charge is -2.13. The van der Waals surface area contributed by atoms with Crippen molar-refractivity contribution in [3.05, 3.63) is 22.5 Å². The Morgan fingerprint density at radius 1 is 1.30 bits per heavy atom. The van der Waals surface area contributed by atoms with Gasteiger partial charge in [0.2, 0.25) is 5.95 Å². The first kappa shape index (κ1) is 14.1. The molecule has 108 valence electrons. The second-order valence-corrected chi connectivity index (χ2v) is 4.26. The molecule has 0 radical (unpaired) electrons. The molecule has 1 aromatic heterocycles. The number of aromatic nitrogens is 2. The molecule has 7 heteroatoms. The first-order chi connectivity index (χ1) is 9.65. The van der Waals surface area contributed by atoms with Crippen molar-refractivity contribution >= 4 is 16.9 Å². The number of hydrazine groups is 1. The lowest BCUT2D eigenvalue weighted by molar-refractivity contribution is 0.355. The van der Waals surface area contributed by atoms with Crippen LogP contribution < -0.4 is 26.3 Å². The zero-order chi connectivity index (χ0) is 14.7. The molecule has 0 aliphatic heterocycles. The highest BCUT2D eigenvalue weighted by Gasteiger charge is 2.14. The van der Waals surface area contributed by atoms with E-state index in [9.17, 15) is 4.79 Å². The van der Waals surface area contributed by atoms with E-state index in [-0.39, 0.29) is 5.56 Å². The van der Waals surface area contributed by atoms with Crippen molar-refractivity contribution < 1.29 is 9.47 Å². The third-order valence-corrected chi connectivity index (χ3v) is 3.04. The predicted octanol–water partition coefficient (Wildman–Crippen LogP) is 1.11. The molecule has 1 aromatic carbocycles. The molecule has 1 heterocycles. The standard InChI is InChI=1S/C13H18N4O3/c1-4-5-17-12(18)8-6-10(19-2)11(20-3)7-9(8)15-13(17)16-14/h6-7H,4-5,14H2,1-3H3,(H,15,16). The Balaban J connectivity index is 2.79. The number of hydrogen-bond acceptors (Lipinski definition) is 6. The molecular weight excluding hydrogens is 260 g/mol. The predicted molar refractivity (Wildman–Crippen MR) is 77.2 cm³/mol. The number of rotatable bonds is 5. The Kier molecular flexibility index (Phi) is 4.09. The monoisotopic (exact) mass is 278 g/mol. The number of nitrogen functional groups attached to an aromatic ring is 1. The molecule has 0 saturated carbocycles. The summed E-state index contributed by atoms with van der Waals surface area (Å²) in [6.07, 6.45) is 0.801. The molecule has 0 spiro atoms. The highest BCUT2D eigenvalue weighted by Crippen LogP contribution is 2.30. The molecule has 3 N–H and O–H groups in total. The zero-order valence-electron chi connectivity index (χ0n) is 11.8. The Morgan fingerprint density at radius 2 is 1.95 bits per heavy atom. The summed E-state index contributed by atoms with van der Waals surface area (Å²) in [7, 11) is 3.06. The van der Waals surface area contributed by atoms with Crippen LogP contribution in [-0.4, -0.2) is 23.8 Å². The molecule has 7 nitrogen and oxygen atoms in total. The van der Waals surface area contributed by atoms with E-state index in [0.29, 0.717) is 34.9 Å². The van der Waals surface area contributed by atoms with E-state index in [4.69, 9.17) is 15.3 Å². The fourth-order valence-electron chi connectivity index (χ4n) is 2.09. The van der Waals surface area contributed by atoms with Crippen LogP contribution in [0.3, 0.4) is 0 Å². The van der Waals surface area contributed by atoms with E-state index in [1.165, 1.54) is 18.8 Å². The zero-order valence-corrected chi connectivity index (χ0v) is 11.8. The van der Waals surface area contributed by atoms with Crippen molar-refractivity contribution in [3.8, 4) is 11.5 Å². The SMILES string of the molecule is CCCn1c(NN)nc2cc(OC)c(OC)cc2c1=O. The van der Waals surface area contributed by atoms with Crippen LogP contribution in [0.1, 0.15) is 13.3 Å². The molecule has 2 aromatic rings. The van der Waals surface area contributed by atoms with Crippen molar-refractivity contribution in [1.82, 2.24) is 9.55 Å². The first-order valence-corrected chi connectivity index (χ1v) is 6.29. The van der Waals surface area contributed by atoms with Gasteiger partial charge in [0.15, 0.2) is 11.5 Å². The van der Waals surface area contributed by atoms with E-state index < -0.39 is 0 Å². The van der Waals surface area contributed by atoms with Crippen LogP contribution in [0, 0.1) is 0 Å². The highest BCUT2D eigenvalue weighted by atomic mass is 16.5. The topological polar surface area (TPSA) is 91.4 Å². The van der Waals surface area contributed by atoms with Crippen molar-refractivity contribution in [2.45, 2.75) is 19.9 Å². The average Bonchev–Trinajstić information content (AvgIpc) is 2.48. The Hall–Kier alpha value is -2.28. The summed E-state index contributed by atoms with van der Waals surface area (Å²) in [5.74, 6) is 6.78. The number of fused-ring (bicyclic) bond motifs is 1. The van der Waals surface area contributed by atoms with Gasteiger partial charge in [-0.3, -0.25) is 14.8 Å². The Bertz CT molecular complexity index is 681.